The summed E-state index contributed by atoms with van der Waals surface area (Å²) >= 11 is 1.65. The number of amides is 1. The summed E-state index contributed by atoms with van der Waals surface area (Å²) < 4.78 is 1.87. The van der Waals surface area contributed by atoms with E-state index in [2.05, 4.69) is 15.4 Å². The Bertz CT molecular complexity index is 896. The standard InChI is InChI=1S/C19H22N4OS/c1-5-23-11-17(10-20-23)15-7-6-8-16(9-15)19(24)21-12(2)18-13(3)25-14(4)22-18/h6-12H,5H2,1-4H3,(H,21,24). The highest BCUT2D eigenvalue weighted by Gasteiger charge is 2.17. The zero-order valence-corrected chi connectivity index (χ0v) is 15.7. The third-order valence-corrected chi connectivity index (χ3v) is 5.01. The molecule has 2 heterocycles. The first kappa shape index (κ1) is 17.4. The Labute approximate surface area is 151 Å². The second kappa shape index (κ2) is 7.19. The van der Waals surface area contributed by atoms with Crippen LogP contribution in [0.1, 0.15) is 45.8 Å². The predicted molar refractivity (Wildman–Crippen MR) is 101 cm³/mol. The van der Waals surface area contributed by atoms with Gasteiger partial charge in [-0.25, -0.2) is 4.98 Å². The Morgan fingerprint density at radius 3 is 2.76 bits per heavy atom. The Balaban J connectivity index is 1.78. The van der Waals surface area contributed by atoms with E-state index in [0.717, 1.165) is 33.3 Å². The van der Waals surface area contributed by atoms with E-state index in [1.807, 2.05) is 69.0 Å². The van der Waals surface area contributed by atoms with Gasteiger partial charge in [-0.05, 0) is 45.4 Å². The molecule has 1 N–H and O–H groups in total. The lowest BCUT2D eigenvalue weighted by atomic mass is 10.1. The van der Waals surface area contributed by atoms with Crippen LogP contribution in [0.25, 0.3) is 11.1 Å². The van der Waals surface area contributed by atoms with E-state index in [1.165, 1.54) is 0 Å². The normalized spacial score (nSPS) is 12.2. The van der Waals surface area contributed by atoms with Crippen LogP contribution in [0.3, 0.4) is 0 Å². The van der Waals surface area contributed by atoms with Gasteiger partial charge in [0.1, 0.15) is 0 Å². The molecule has 25 heavy (non-hydrogen) atoms. The van der Waals surface area contributed by atoms with Crippen LogP contribution < -0.4 is 5.32 Å². The van der Waals surface area contributed by atoms with Gasteiger partial charge in [0.25, 0.3) is 5.91 Å². The monoisotopic (exact) mass is 354 g/mol. The molecule has 0 spiro atoms. The van der Waals surface area contributed by atoms with Crippen molar-refractivity contribution < 1.29 is 4.79 Å². The fourth-order valence-corrected chi connectivity index (χ4v) is 3.73. The number of rotatable bonds is 5. The molecule has 0 radical (unpaired) electrons. The number of thiazole rings is 1. The first-order valence-corrected chi connectivity index (χ1v) is 9.17. The lowest BCUT2D eigenvalue weighted by Gasteiger charge is -2.13. The van der Waals surface area contributed by atoms with E-state index in [-0.39, 0.29) is 11.9 Å². The van der Waals surface area contributed by atoms with Crippen LogP contribution in [-0.2, 0) is 6.54 Å². The van der Waals surface area contributed by atoms with Gasteiger partial charge < -0.3 is 5.32 Å². The predicted octanol–water partition coefficient (Wildman–Crippen LogP) is 4.13. The zero-order chi connectivity index (χ0) is 18.0. The molecular weight excluding hydrogens is 332 g/mol. The highest BCUT2D eigenvalue weighted by atomic mass is 32.1. The Hall–Kier alpha value is -2.47. The molecule has 1 aromatic carbocycles. The van der Waals surface area contributed by atoms with Gasteiger partial charge in [-0.3, -0.25) is 9.48 Å². The fraction of sp³-hybridized carbons (Fsp3) is 0.316. The van der Waals surface area contributed by atoms with Crippen LogP contribution in [0.4, 0.5) is 0 Å². The third kappa shape index (κ3) is 3.79. The van der Waals surface area contributed by atoms with Crippen molar-refractivity contribution in [2.45, 2.75) is 40.3 Å². The van der Waals surface area contributed by atoms with Gasteiger partial charge in [0, 0.05) is 28.7 Å². The molecule has 2 aromatic heterocycles. The van der Waals surface area contributed by atoms with Gasteiger partial charge in [0.15, 0.2) is 0 Å². The molecule has 3 rings (SSSR count). The summed E-state index contributed by atoms with van der Waals surface area (Å²) in [7, 11) is 0. The molecule has 0 fully saturated rings. The van der Waals surface area contributed by atoms with Gasteiger partial charge in [-0.2, -0.15) is 5.10 Å². The van der Waals surface area contributed by atoms with Crippen molar-refractivity contribution in [3.8, 4) is 11.1 Å². The summed E-state index contributed by atoms with van der Waals surface area (Å²) in [5, 5.41) is 8.36. The summed E-state index contributed by atoms with van der Waals surface area (Å²) in [6.07, 6.45) is 3.81. The Morgan fingerprint density at radius 1 is 1.32 bits per heavy atom. The quantitative estimate of drug-likeness (QED) is 0.749. The molecule has 5 nitrogen and oxygen atoms in total. The van der Waals surface area contributed by atoms with Crippen molar-refractivity contribution in [1.29, 1.82) is 0 Å². The van der Waals surface area contributed by atoms with Crippen molar-refractivity contribution in [1.82, 2.24) is 20.1 Å². The van der Waals surface area contributed by atoms with Crippen molar-refractivity contribution in [2.75, 3.05) is 0 Å². The minimum atomic E-state index is -0.121. The summed E-state index contributed by atoms with van der Waals surface area (Å²) in [4.78, 5) is 18.3. The molecule has 0 aliphatic heterocycles. The number of aryl methyl sites for hydroxylation is 3. The fourth-order valence-electron chi connectivity index (χ4n) is 2.82. The van der Waals surface area contributed by atoms with Crippen LogP contribution in [0.5, 0.6) is 0 Å². The van der Waals surface area contributed by atoms with Gasteiger partial charge in [-0.1, -0.05) is 12.1 Å². The molecule has 1 unspecified atom stereocenters. The van der Waals surface area contributed by atoms with Crippen LogP contribution in [0.15, 0.2) is 36.7 Å². The highest BCUT2D eigenvalue weighted by molar-refractivity contribution is 7.11. The minimum absolute atomic E-state index is 0.0951. The lowest BCUT2D eigenvalue weighted by molar-refractivity contribution is 0.0939. The number of carbonyl (C=O) groups excluding carboxylic acids is 1. The number of aromatic nitrogens is 3. The topological polar surface area (TPSA) is 59.8 Å². The highest BCUT2D eigenvalue weighted by Crippen LogP contribution is 2.24. The molecule has 1 atom stereocenters. The SMILES string of the molecule is CCn1cc(-c2cccc(C(=O)NC(C)c3nc(C)sc3C)c2)cn1. The van der Waals surface area contributed by atoms with Gasteiger partial charge in [-0.15, -0.1) is 11.3 Å². The van der Waals surface area contributed by atoms with E-state index in [4.69, 9.17) is 0 Å². The maximum absolute atomic E-state index is 12.6. The van der Waals surface area contributed by atoms with Crippen molar-refractivity contribution >= 4 is 17.2 Å². The number of nitrogens with zero attached hydrogens (tertiary/aromatic N) is 3. The summed E-state index contributed by atoms with van der Waals surface area (Å²) in [5.74, 6) is -0.0951. The van der Waals surface area contributed by atoms with Crippen LogP contribution >= 0.6 is 11.3 Å². The molecular formula is C19H22N4OS. The van der Waals surface area contributed by atoms with E-state index in [9.17, 15) is 4.79 Å². The van der Waals surface area contributed by atoms with Crippen LogP contribution in [0, 0.1) is 13.8 Å². The number of hydrogen-bond acceptors (Lipinski definition) is 4. The maximum atomic E-state index is 12.6. The molecule has 3 aromatic rings. The summed E-state index contributed by atoms with van der Waals surface area (Å²) in [5.41, 5.74) is 3.57. The maximum Gasteiger partial charge on any atom is 0.251 e. The second-order valence-corrected chi connectivity index (χ2v) is 7.44. The number of benzene rings is 1. The summed E-state index contributed by atoms with van der Waals surface area (Å²) in [6.45, 7) is 8.85. The van der Waals surface area contributed by atoms with Gasteiger partial charge >= 0.3 is 0 Å². The second-order valence-electron chi connectivity index (χ2n) is 6.03. The average molecular weight is 354 g/mol. The average Bonchev–Trinajstić information content (AvgIpc) is 3.21. The van der Waals surface area contributed by atoms with E-state index < -0.39 is 0 Å². The van der Waals surface area contributed by atoms with Gasteiger partial charge in [0.2, 0.25) is 0 Å². The van der Waals surface area contributed by atoms with E-state index >= 15 is 0 Å². The smallest absolute Gasteiger partial charge is 0.251 e. The van der Waals surface area contributed by atoms with E-state index in [0.29, 0.717) is 5.56 Å². The first-order valence-electron chi connectivity index (χ1n) is 8.35. The number of nitrogens with one attached hydrogen (secondary N) is 1. The number of hydrogen-bond donors (Lipinski definition) is 1. The minimum Gasteiger partial charge on any atom is -0.344 e. The van der Waals surface area contributed by atoms with Gasteiger partial charge in [0.05, 0.1) is 22.9 Å². The molecule has 130 valence electrons. The largest absolute Gasteiger partial charge is 0.344 e. The van der Waals surface area contributed by atoms with Crippen molar-refractivity contribution in [3.63, 3.8) is 0 Å². The zero-order valence-electron chi connectivity index (χ0n) is 14.9. The molecule has 0 saturated carbocycles. The van der Waals surface area contributed by atoms with Crippen molar-refractivity contribution in [3.05, 3.63) is 57.8 Å². The lowest BCUT2D eigenvalue weighted by Crippen LogP contribution is -2.27. The van der Waals surface area contributed by atoms with Crippen LogP contribution in [0.2, 0.25) is 0 Å². The first-order chi connectivity index (χ1) is 12.0. The molecule has 0 bridgehead atoms. The van der Waals surface area contributed by atoms with Crippen molar-refractivity contribution in [2.24, 2.45) is 0 Å². The molecule has 1 amide bonds. The molecule has 0 aliphatic rings. The molecule has 6 heteroatoms. The van der Waals surface area contributed by atoms with E-state index in [1.54, 1.807) is 11.3 Å². The Morgan fingerprint density at radius 2 is 2.12 bits per heavy atom. The third-order valence-electron chi connectivity index (χ3n) is 4.11. The Kier molecular flexibility index (Phi) is 4.99. The summed E-state index contributed by atoms with van der Waals surface area (Å²) in [6, 6.07) is 7.50. The van der Waals surface area contributed by atoms with Crippen LogP contribution in [-0.4, -0.2) is 20.7 Å². The number of carbonyl (C=O) groups is 1. The molecule has 0 saturated heterocycles. The molecule has 0 aliphatic carbocycles.